The highest BCUT2D eigenvalue weighted by Crippen LogP contribution is 2.28. The highest BCUT2D eigenvalue weighted by Gasteiger charge is 2.37. The summed E-state index contributed by atoms with van der Waals surface area (Å²) >= 11 is 0. The molecule has 1 N–H and O–H groups in total. The number of anilines is 1. The second-order valence-corrected chi connectivity index (χ2v) is 6.06. The normalized spacial score (nSPS) is 28.1. The van der Waals surface area contributed by atoms with E-state index < -0.39 is 0 Å². The Morgan fingerprint density at radius 2 is 2.23 bits per heavy atom. The number of hydrogen-bond donors (Lipinski definition) is 1. The number of carbonyl (C=O) groups is 2. The standard InChI is InChI=1S/C15H22N4O3/c1-10-13(5-8-22-10)15(21)18-6-3-12(9-18)19-7-4-14(17-19)16-11(2)20/h4,7,10,12-13H,3,5-6,8-9H2,1-2H3,(H,16,17,20)/t10-,12+,13+/m0/s1. The zero-order valence-corrected chi connectivity index (χ0v) is 13.0. The molecule has 2 aliphatic heterocycles. The monoisotopic (exact) mass is 306 g/mol. The van der Waals surface area contributed by atoms with Crippen LogP contribution >= 0.6 is 0 Å². The Kier molecular flexibility index (Phi) is 4.15. The molecule has 7 nitrogen and oxygen atoms in total. The average molecular weight is 306 g/mol. The zero-order valence-electron chi connectivity index (χ0n) is 13.0. The minimum atomic E-state index is -0.135. The summed E-state index contributed by atoms with van der Waals surface area (Å²) in [7, 11) is 0. The van der Waals surface area contributed by atoms with E-state index in [1.165, 1.54) is 6.92 Å². The van der Waals surface area contributed by atoms with Crippen molar-refractivity contribution in [3.8, 4) is 0 Å². The summed E-state index contributed by atoms with van der Waals surface area (Å²) in [5, 5.41) is 7.03. The molecule has 0 aliphatic carbocycles. The molecule has 2 fully saturated rings. The maximum Gasteiger partial charge on any atom is 0.228 e. The molecule has 3 heterocycles. The van der Waals surface area contributed by atoms with Crippen molar-refractivity contribution in [1.29, 1.82) is 0 Å². The largest absolute Gasteiger partial charge is 0.378 e. The maximum absolute atomic E-state index is 12.5. The van der Waals surface area contributed by atoms with Crippen molar-refractivity contribution in [2.75, 3.05) is 25.0 Å². The van der Waals surface area contributed by atoms with Crippen molar-refractivity contribution in [2.24, 2.45) is 5.92 Å². The maximum atomic E-state index is 12.5. The van der Waals surface area contributed by atoms with Crippen LogP contribution in [0, 0.1) is 5.92 Å². The summed E-state index contributed by atoms with van der Waals surface area (Å²) in [6, 6.07) is 1.95. The minimum Gasteiger partial charge on any atom is -0.378 e. The van der Waals surface area contributed by atoms with Gasteiger partial charge in [-0.05, 0) is 19.8 Å². The number of nitrogens with zero attached hydrogens (tertiary/aromatic N) is 3. The molecule has 0 radical (unpaired) electrons. The number of ether oxygens (including phenoxy) is 1. The van der Waals surface area contributed by atoms with Gasteiger partial charge in [-0.3, -0.25) is 14.3 Å². The Bertz CT molecular complexity index is 571. The third-order valence-corrected chi connectivity index (χ3v) is 4.46. The van der Waals surface area contributed by atoms with Crippen LogP contribution < -0.4 is 5.32 Å². The molecule has 0 aromatic carbocycles. The predicted molar refractivity (Wildman–Crippen MR) is 80.3 cm³/mol. The van der Waals surface area contributed by atoms with Crippen LogP contribution in [0.5, 0.6) is 0 Å². The van der Waals surface area contributed by atoms with Gasteiger partial charge >= 0.3 is 0 Å². The molecule has 1 aromatic heterocycles. The van der Waals surface area contributed by atoms with E-state index in [4.69, 9.17) is 4.74 Å². The molecule has 2 amide bonds. The fourth-order valence-electron chi connectivity index (χ4n) is 3.24. The van der Waals surface area contributed by atoms with Crippen molar-refractivity contribution in [3.63, 3.8) is 0 Å². The van der Waals surface area contributed by atoms with Crippen LogP contribution in [0.25, 0.3) is 0 Å². The highest BCUT2D eigenvalue weighted by molar-refractivity contribution is 5.87. The van der Waals surface area contributed by atoms with E-state index in [-0.39, 0.29) is 29.9 Å². The Hall–Kier alpha value is -1.89. The van der Waals surface area contributed by atoms with E-state index in [1.54, 1.807) is 6.07 Å². The van der Waals surface area contributed by atoms with Gasteiger partial charge < -0.3 is 15.0 Å². The summed E-state index contributed by atoms with van der Waals surface area (Å²) in [5.74, 6) is 0.604. The molecule has 0 spiro atoms. The number of likely N-dealkylation sites (tertiary alicyclic amines) is 1. The van der Waals surface area contributed by atoms with Crippen molar-refractivity contribution in [3.05, 3.63) is 12.3 Å². The third kappa shape index (κ3) is 2.99. The van der Waals surface area contributed by atoms with E-state index >= 15 is 0 Å². The van der Waals surface area contributed by atoms with E-state index in [0.717, 1.165) is 19.4 Å². The third-order valence-electron chi connectivity index (χ3n) is 4.46. The van der Waals surface area contributed by atoms with Crippen molar-refractivity contribution in [1.82, 2.24) is 14.7 Å². The lowest BCUT2D eigenvalue weighted by Crippen LogP contribution is -2.37. The number of carbonyl (C=O) groups excluding carboxylic acids is 2. The fourth-order valence-corrected chi connectivity index (χ4v) is 3.24. The van der Waals surface area contributed by atoms with Gasteiger partial charge in [-0.25, -0.2) is 0 Å². The number of rotatable bonds is 3. The fraction of sp³-hybridized carbons (Fsp3) is 0.667. The van der Waals surface area contributed by atoms with E-state index in [1.807, 2.05) is 22.7 Å². The van der Waals surface area contributed by atoms with E-state index in [0.29, 0.717) is 19.0 Å². The lowest BCUT2D eigenvalue weighted by molar-refractivity contribution is -0.136. The lowest BCUT2D eigenvalue weighted by Gasteiger charge is -2.22. The number of nitrogens with one attached hydrogen (secondary N) is 1. The Morgan fingerprint density at radius 1 is 1.41 bits per heavy atom. The van der Waals surface area contributed by atoms with Crippen LogP contribution in [0.3, 0.4) is 0 Å². The summed E-state index contributed by atoms with van der Waals surface area (Å²) in [4.78, 5) is 25.5. The van der Waals surface area contributed by atoms with Gasteiger partial charge in [0.1, 0.15) is 0 Å². The number of aromatic nitrogens is 2. The summed E-state index contributed by atoms with van der Waals surface area (Å²) in [6.45, 7) is 5.52. The molecule has 2 saturated heterocycles. The molecule has 0 bridgehead atoms. The Morgan fingerprint density at radius 3 is 2.91 bits per heavy atom. The first-order chi connectivity index (χ1) is 10.5. The smallest absolute Gasteiger partial charge is 0.228 e. The number of hydrogen-bond acceptors (Lipinski definition) is 4. The molecule has 0 saturated carbocycles. The first-order valence-electron chi connectivity index (χ1n) is 7.77. The Balaban J connectivity index is 1.61. The molecule has 120 valence electrons. The molecule has 0 unspecified atom stereocenters. The second-order valence-electron chi connectivity index (χ2n) is 6.06. The van der Waals surface area contributed by atoms with Gasteiger partial charge in [-0.15, -0.1) is 0 Å². The molecular formula is C15H22N4O3. The van der Waals surface area contributed by atoms with E-state index in [2.05, 4.69) is 10.4 Å². The highest BCUT2D eigenvalue weighted by atomic mass is 16.5. The molecular weight excluding hydrogens is 284 g/mol. The molecule has 2 aliphatic rings. The van der Waals surface area contributed by atoms with Gasteiger partial charge in [0, 0.05) is 38.9 Å². The van der Waals surface area contributed by atoms with Gasteiger partial charge in [-0.1, -0.05) is 0 Å². The lowest BCUT2D eigenvalue weighted by atomic mass is 10.0. The van der Waals surface area contributed by atoms with Crippen LogP contribution in [0.15, 0.2) is 12.3 Å². The van der Waals surface area contributed by atoms with Crippen molar-refractivity contribution < 1.29 is 14.3 Å². The molecule has 22 heavy (non-hydrogen) atoms. The van der Waals surface area contributed by atoms with Gasteiger partial charge in [0.25, 0.3) is 0 Å². The minimum absolute atomic E-state index is 0.00804. The SMILES string of the molecule is CC(=O)Nc1ccn([C@@H]2CCN(C(=O)[C@@H]3CCO[C@H]3C)C2)n1. The topological polar surface area (TPSA) is 76.5 Å². The van der Waals surface area contributed by atoms with Gasteiger partial charge in [0.2, 0.25) is 11.8 Å². The van der Waals surface area contributed by atoms with Gasteiger partial charge in [0.15, 0.2) is 5.82 Å². The first-order valence-corrected chi connectivity index (χ1v) is 7.77. The van der Waals surface area contributed by atoms with Crippen LogP contribution in [0.1, 0.15) is 32.7 Å². The molecule has 3 atom stereocenters. The summed E-state index contributed by atoms with van der Waals surface area (Å²) in [6.07, 6.45) is 3.57. The summed E-state index contributed by atoms with van der Waals surface area (Å²) in [5.41, 5.74) is 0. The van der Waals surface area contributed by atoms with Gasteiger partial charge in [0.05, 0.1) is 18.1 Å². The zero-order chi connectivity index (χ0) is 15.7. The molecule has 3 rings (SSSR count). The predicted octanol–water partition coefficient (Wildman–Crippen LogP) is 1.04. The quantitative estimate of drug-likeness (QED) is 0.905. The van der Waals surface area contributed by atoms with Crippen LogP contribution in [0.4, 0.5) is 5.82 Å². The second kappa shape index (κ2) is 6.08. The van der Waals surface area contributed by atoms with Crippen LogP contribution in [-0.2, 0) is 14.3 Å². The first kappa shape index (κ1) is 15.0. The summed E-state index contributed by atoms with van der Waals surface area (Å²) < 4.78 is 7.33. The van der Waals surface area contributed by atoms with Crippen molar-refractivity contribution >= 4 is 17.6 Å². The number of amides is 2. The average Bonchev–Trinajstić information content (AvgIpc) is 3.16. The molecule has 1 aromatic rings. The van der Waals surface area contributed by atoms with Gasteiger partial charge in [-0.2, -0.15) is 5.10 Å². The van der Waals surface area contributed by atoms with Crippen molar-refractivity contribution in [2.45, 2.75) is 38.8 Å². The molecule has 7 heteroatoms. The van der Waals surface area contributed by atoms with Crippen LogP contribution in [-0.4, -0.2) is 52.3 Å². The van der Waals surface area contributed by atoms with Crippen LogP contribution in [0.2, 0.25) is 0 Å². The Labute approximate surface area is 129 Å². The van der Waals surface area contributed by atoms with E-state index in [9.17, 15) is 9.59 Å².